The van der Waals surface area contributed by atoms with Crippen LogP contribution in [0.25, 0.3) is 11.8 Å². The lowest BCUT2D eigenvalue weighted by molar-refractivity contribution is -0.129. The predicted octanol–water partition coefficient (Wildman–Crippen LogP) is 2.14. The Morgan fingerprint density at radius 2 is 1.33 bits per heavy atom. The number of piperidine rings is 1. The number of carbonyl (C=O) groups is 4. The van der Waals surface area contributed by atoms with Crippen molar-refractivity contribution in [2.75, 3.05) is 18.1 Å². The molecule has 2 aromatic carbocycles. The first-order valence-corrected chi connectivity index (χ1v) is 17.6. The van der Waals surface area contributed by atoms with Gasteiger partial charge in [-0.25, -0.2) is 9.59 Å². The minimum atomic E-state index is -4.56. The molecule has 5 N–H and O–H groups in total. The Balaban J connectivity index is 1.55. The van der Waals surface area contributed by atoms with Gasteiger partial charge in [-0.15, -0.1) is 0 Å². The average molecular weight is 742 g/mol. The fraction of sp³-hybridized carbons (Fsp3) is 0.161. The first-order chi connectivity index (χ1) is 24.0. The van der Waals surface area contributed by atoms with Crippen LogP contribution >= 0.6 is 0 Å². The molecule has 0 unspecified atom stereocenters. The zero-order valence-electron chi connectivity index (χ0n) is 26.0. The van der Waals surface area contributed by atoms with Crippen LogP contribution in [0.4, 0.5) is 5.69 Å². The number of carboxylic acids is 2. The number of hydrogen-bond donors (Lipinski definition) is 5. The van der Waals surface area contributed by atoms with E-state index in [-0.39, 0.29) is 22.5 Å². The maximum Gasteiger partial charge on any atom is 0.357 e. The lowest BCUT2D eigenvalue weighted by Crippen LogP contribution is -2.36. The van der Waals surface area contributed by atoms with Crippen LogP contribution in [-0.4, -0.2) is 98.5 Å². The maximum atomic E-state index is 13.7. The van der Waals surface area contributed by atoms with E-state index in [2.05, 4.69) is 10.2 Å². The van der Waals surface area contributed by atoms with E-state index in [0.29, 0.717) is 30.9 Å². The number of aromatic carboxylic acids is 1. The van der Waals surface area contributed by atoms with Gasteiger partial charge in [0.2, 0.25) is 5.88 Å². The maximum absolute atomic E-state index is 13.7. The van der Waals surface area contributed by atoms with Gasteiger partial charge in [0.1, 0.15) is 0 Å². The molecule has 0 aliphatic carbocycles. The van der Waals surface area contributed by atoms with Crippen LogP contribution in [-0.2, 0) is 34.6 Å². The molecule has 0 spiro atoms. The molecule has 0 bridgehead atoms. The second-order valence-corrected chi connectivity index (χ2v) is 13.8. The van der Waals surface area contributed by atoms with Gasteiger partial charge in [0, 0.05) is 18.7 Å². The standard InChI is InChI=1S/C31H27N5O13S2/c37-27(34-16-2-1-3-17-34)18(4-14-23-25(30(40)41)32-35(28(23)38)19-6-10-21(11-7-19)50(44,45)46)5-15-24-26(31(42)43)33-36(29(24)39)20-8-12-22(13-9-20)51(47,48)49/h4-15,38H,1-3,16-17H2,(H,40,41)(H,42,43)(H,44,45,46)(H,47,48,49)/b14-4+,18-5-,24-15+. The van der Waals surface area contributed by atoms with E-state index >= 15 is 0 Å². The number of hydrogen-bond acceptors (Lipinski definition) is 11. The minimum Gasteiger partial charge on any atom is -0.493 e. The van der Waals surface area contributed by atoms with Crippen molar-refractivity contribution in [3.63, 3.8) is 0 Å². The van der Waals surface area contributed by atoms with E-state index in [9.17, 15) is 60.4 Å². The second kappa shape index (κ2) is 14.1. The van der Waals surface area contributed by atoms with Gasteiger partial charge in [-0.2, -0.15) is 36.7 Å². The molecule has 2 amide bonds. The molecule has 1 aromatic heterocycles. The number of aliphatic carboxylic acids is 1. The zero-order chi connectivity index (χ0) is 37.2. The summed E-state index contributed by atoms with van der Waals surface area (Å²) in [5, 5.41) is 39.0. The lowest BCUT2D eigenvalue weighted by atomic mass is 10.1. The van der Waals surface area contributed by atoms with Crippen molar-refractivity contribution in [1.29, 1.82) is 0 Å². The van der Waals surface area contributed by atoms with Crippen LogP contribution in [0.3, 0.4) is 0 Å². The Morgan fingerprint density at radius 3 is 1.84 bits per heavy atom. The van der Waals surface area contributed by atoms with E-state index in [4.69, 9.17) is 0 Å². The molecule has 2 aliphatic heterocycles. The van der Waals surface area contributed by atoms with Crippen LogP contribution in [0.5, 0.6) is 5.88 Å². The van der Waals surface area contributed by atoms with Gasteiger partial charge in [0.15, 0.2) is 11.4 Å². The number of carbonyl (C=O) groups excluding carboxylic acids is 2. The molecule has 3 aromatic rings. The highest BCUT2D eigenvalue weighted by atomic mass is 32.2. The Morgan fingerprint density at radius 1 is 0.784 bits per heavy atom. The number of aromatic nitrogens is 2. The molecule has 18 nitrogen and oxygen atoms in total. The second-order valence-electron chi connectivity index (χ2n) is 11.0. The van der Waals surface area contributed by atoms with Crippen molar-refractivity contribution >= 4 is 61.5 Å². The first-order valence-electron chi connectivity index (χ1n) is 14.7. The minimum absolute atomic E-state index is 0.0179. The molecule has 3 heterocycles. The van der Waals surface area contributed by atoms with Gasteiger partial charge in [-0.05, 0) is 92.1 Å². The lowest BCUT2D eigenvalue weighted by Gasteiger charge is -2.27. The third kappa shape index (κ3) is 7.78. The number of benzene rings is 2. The average Bonchev–Trinajstić information content (AvgIpc) is 3.60. The van der Waals surface area contributed by atoms with E-state index in [1.807, 2.05) is 0 Å². The topological polar surface area (TPSA) is 274 Å². The van der Waals surface area contributed by atoms with Crippen molar-refractivity contribution in [1.82, 2.24) is 14.7 Å². The molecular formula is C31H27N5O13S2. The number of amides is 2. The van der Waals surface area contributed by atoms with E-state index in [1.54, 1.807) is 0 Å². The first kappa shape index (κ1) is 36.3. The third-order valence-electron chi connectivity index (χ3n) is 7.69. The Kier molecular flexibility index (Phi) is 10.0. The van der Waals surface area contributed by atoms with Crippen molar-refractivity contribution in [2.24, 2.45) is 5.10 Å². The number of likely N-dealkylation sites (tertiary alicyclic amines) is 1. The van der Waals surface area contributed by atoms with Crippen molar-refractivity contribution in [3.05, 3.63) is 89.2 Å². The molecule has 5 rings (SSSR count). The fourth-order valence-electron chi connectivity index (χ4n) is 5.15. The van der Waals surface area contributed by atoms with E-state index in [0.717, 1.165) is 83.9 Å². The molecule has 2 aliphatic rings. The fourth-order valence-corrected chi connectivity index (χ4v) is 6.11. The number of nitrogens with zero attached hydrogens (tertiary/aromatic N) is 5. The summed E-state index contributed by atoms with van der Waals surface area (Å²) in [6.07, 6.45) is 6.63. The molecule has 1 saturated heterocycles. The number of carboxylic acid groups (broad SMARTS) is 2. The molecule has 1 fully saturated rings. The number of rotatable bonds is 10. The Bertz CT molecular complexity index is 2280. The summed E-state index contributed by atoms with van der Waals surface area (Å²) in [6, 6.07) is 8.50. The molecule has 51 heavy (non-hydrogen) atoms. The summed E-state index contributed by atoms with van der Waals surface area (Å²) in [4.78, 5) is 51.7. The summed E-state index contributed by atoms with van der Waals surface area (Å²) < 4.78 is 64.9. The summed E-state index contributed by atoms with van der Waals surface area (Å²) in [6.45, 7) is 0.746. The van der Waals surface area contributed by atoms with Crippen molar-refractivity contribution < 1.29 is 60.4 Å². The molecular weight excluding hydrogens is 714 g/mol. The zero-order valence-corrected chi connectivity index (χ0v) is 27.7. The largest absolute Gasteiger partial charge is 0.493 e. The highest BCUT2D eigenvalue weighted by molar-refractivity contribution is 7.86. The molecule has 0 radical (unpaired) electrons. The SMILES string of the molecule is O=C(O)C1=NN(c2ccc(S(=O)(=O)O)cc2)C(=O)/C1=C/C=C(/C=C/c1c(C(=O)O)nn(-c2ccc(S(=O)(=O)O)cc2)c1O)C(=O)N1CCCCC1. The monoisotopic (exact) mass is 741 g/mol. The molecule has 20 heteroatoms. The van der Waals surface area contributed by atoms with Gasteiger partial charge >= 0.3 is 11.9 Å². The van der Waals surface area contributed by atoms with Gasteiger partial charge in [-0.1, -0.05) is 0 Å². The predicted molar refractivity (Wildman–Crippen MR) is 176 cm³/mol. The number of aromatic hydroxyl groups is 1. The van der Waals surface area contributed by atoms with Crippen LogP contribution in [0.2, 0.25) is 0 Å². The van der Waals surface area contributed by atoms with E-state index in [1.165, 1.54) is 4.90 Å². The van der Waals surface area contributed by atoms with Crippen LogP contribution in [0, 0.1) is 0 Å². The molecule has 0 atom stereocenters. The third-order valence-corrected chi connectivity index (χ3v) is 9.42. The summed E-state index contributed by atoms with van der Waals surface area (Å²) in [5.41, 5.74) is -2.37. The molecule has 266 valence electrons. The highest BCUT2D eigenvalue weighted by Crippen LogP contribution is 2.29. The van der Waals surface area contributed by atoms with E-state index < -0.39 is 76.6 Å². The quantitative estimate of drug-likeness (QED) is 0.113. The number of anilines is 1. The van der Waals surface area contributed by atoms with Gasteiger partial charge < -0.3 is 20.2 Å². The normalized spacial score (nSPS) is 16.6. The van der Waals surface area contributed by atoms with Crippen LogP contribution < -0.4 is 5.01 Å². The number of allylic oxidation sites excluding steroid dienone is 2. The molecule has 0 saturated carbocycles. The summed E-state index contributed by atoms with van der Waals surface area (Å²) in [7, 11) is -9.11. The number of hydrazone groups is 1. The van der Waals surface area contributed by atoms with Crippen molar-refractivity contribution in [2.45, 2.75) is 29.1 Å². The van der Waals surface area contributed by atoms with Gasteiger partial charge in [0.05, 0.1) is 32.3 Å². The van der Waals surface area contributed by atoms with Crippen LogP contribution in [0.15, 0.2) is 92.8 Å². The Hall–Kier alpha value is -5.96. The van der Waals surface area contributed by atoms with Crippen molar-refractivity contribution in [3.8, 4) is 11.6 Å². The summed E-state index contributed by atoms with van der Waals surface area (Å²) in [5.74, 6) is -5.41. The van der Waals surface area contributed by atoms with Crippen LogP contribution in [0.1, 0.15) is 35.3 Å². The van der Waals surface area contributed by atoms with Gasteiger partial charge in [-0.3, -0.25) is 18.7 Å². The summed E-state index contributed by atoms with van der Waals surface area (Å²) >= 11 is 0. The highest BCUT2D eigenvalue weighted by Gasteiger charge is 2.35. The van der Waals surface area contributed by atoms with Gasteiger partial charge in [0.25, 0.3) is 32.1 Å². The Labute approximate surface area is 289 Å². The smallest absolute Gasteiger partial charge is 0.357 e.